The Morgan fingerprint density at radius 2 is 2.24 bits per heavy atom. The zero-order chi connectivity index (χ0) is 15.5. The molecule has 2 heterocycles. The van der Waals surface area contributed by atoms with Crippen LogP contribution in [-0.2, 0) is 16.4 Å². The first kappa shape index (κ1) is 15.8. The summed E-state index contributed by atoms with van der Waals surface area (Å²) in [4.78, 5) is 18.2. The van der Waals surface area contributed by atoms with Crippen LogP contribution < -0.4 is 4.72 Å². The first-order valence-electron chi connectivity index (χ1n) is 5.68. The summed E-state index contributed by atoms with van der Waals surface area (Å²) in [6.07, 6.45) is 1.68. The molecule has 21 heavy (non-hydrogen) atoms. The van der Waals surface area contributed by atoms with Crippen LogP contribution in [0.25, 0.3) is 0 Å². The molecule has 0 aliphatic carbocycles. The van der Waals surface area contributed by atoms with Gasteiger partial charge < -0.3 is 5.11 Å². The molecule has 0 fully saturated rings. The number of carboxylic acid groups (broad SMARTS) is 1. The van der Waals surface area contributed by atoms with Crippen LogP contribution in [0.15, 0.2) is 28.6 Å². The monoisotopic (exact) mass is 347 g/mol. The van der Waals surface area contributed by atoms with Crippen molar-refractivity contribution >= 4 is 38.9 Å². The second-order valence-corrected chi connectivity index (χ2v) is 6.91. The Morgan fingerprint density at radius 3 is 2.86 bits per heavy atom. The third kappa shape index (κ3) is 3.97. The average molecular weight is 348 g/mol. The molecule has 2 N–H and O–H groups in total. The van der Waals surface area contributed by atoms with Crippen molar-refractivity contribution in [2.24, 2.45) is 0 Å². The topological polar surface area (TPSA) is 109 Å². The van der Waals surface area contributed by atoms with Crippen LogP contribution in [0.2, 0.25) is 5.15 Å². The van der Waals surface area contributed by atoms with E-state index in [0.29, 0.717) is 5.01 Å². The zero-order valence-electron chi connectivity index (χ0n) is 10.5. The van der Waals surface area contributed by atoms with Crippen LogP contribution >= 0.6 is 22.9 Å². The van der Waals surface area contributed by atoms with E-state index >= 15 is 0 Å². The van der Waals surface area contributed by atoms with E-state index < -0.39 is 16.0 Å². The minimum atomic E-state index is -3.75. The summed E-state index contributed by atoms with van der Waals surface area (Å²) in [6, 6.07) is 2.82. The number of sulfonamides is 1. The Balaban J connectivity index is 1.99. The predicted molar refractivity (Wildman–Crippen MR) is 77.2 cm³/mol. The molecular formula is C11H10ClN3O4S2. The summed E-state index contributed by atoms with van der Waals surface area (Å²) >= 11 is 6.90. The van der Waals surface area contributed by atoms with Gasteiger partial charge in [-0.15, -0.1) is 11.3 Å². The lowest BCUT2D eigenvalue weighted by Gasteiger charge is -2.06. The summed E-state index contributed by atoms with van der Waals surface area (Å²) in [5.41, 5.74) is -0.0480. The number of aromatic carboxylic acids is 1. The Labute approximate surface area is 129 Å². The highest BCUT2D eigenvalue weighted by Gasteiger charge is 2.18. The van der Waals surface area contributed by atoms with Crippen molar-refractivity contribution in [3.05, 3.63) is 39.6 Å². The van der Waals surface area contributed by atoms with E-state index in [9.17, 15) is 13.2 Å². The molecule has 0 spiro atoms. The van der Waals surface area contributed by atoms with E-state index in [0.717, 1.165) is 11.3 Å². The first-order chi connectivity index (χ1) is 9.90. The molecule has 0 aromatic carbocycles. The van der Waals surface area contributed by atoms with Gasteiger partial charge in [0.25, 0.3) is 0 Å². The van der Waals surface area contributed by atoms with Gasteiger partial charge in [0.1, 0.15) is 10.0 Å². The minimum Gasteiger partial charge on any atom is -0.476 e. The fourth-order valence-corrected chi connectivity index (χ4v) is 3.72. The second-order valence-electron chi connectivity index (χ2n) is 3.87. The Bertz CT molecular complexity index is 760. The predicted octanol–water partition coefficient (Wildman–Crippen LogP) is 1.41. The van der Waals surface area contributed by atoms with E-state index in [1.165, 1.54) is 23.7 Å². The molecule has 2 aromatic heterocycles. The van der Waals surface area contributed by atoms with E-state index in [-0.39, 0.29) is 28.7 Å². The van der Waals surface area contributed by atoms with E-state index in [4.69, 9.17) is 16.7 Å². The summed E-state index contributed by atoms with van der Waals surface area (Å²) in [7, 11) is -3.75. The van der Waals surface area contributed by atoms with Crippen LogP contribution in [0, 0.1) is 0 Å². The maximum atomic E-state index is 12.0. The van der Waals surface area contributed by atoms with Gasteiger partial charge in [0.15, 0.2) is 5.69 Å². The van der Waals surface area contributed by atoms with Crippen LogP contribution in [-0.4, -0.2) is 36.0 Å². The van der Waals surface area contributed by atoms with Crippen molar-refractivity contribution in [2.45, 2.75) is 11.3 Å². The standard InChI is InChI=1S/C11H10ClN3O4S2/c12-10-8(2-1-4-13-10)21(18,19)14-5-3-9-15-7(6-20-9)11(16)17/h1-2,4,6,14H,3,5H2,(H,16,17). The lowest BCUT2D eigenvalue weighted by atomic mass is 10.4. The maximum Gasteiger partial charge on any atom is 0.355 e. The summed E-state index contributed by atoms with van der Waals surface area (Å²) < 4.78 is 26.4. The Kier molecular flexibility index (Phi) is 4.88. The molecule has 7 nitrogen and oxygen atoms in total. The van der Waals surface area contributed by atoms with Crippen molar-refractivity contribution in [1.29, 1.82) is 0 Å². The van der Waals surface area contributed by atoms with Gasteiger partial charge in [-0.25, -0.2) is 27.9 Å². The number of carboxylic acids is 1. The number of carbonyl (C=O) groups is 1. The van der Waals surface area contributed by atoms with Gasteiger partial charge >= 0.3 is 5.97 Å². The molecule has 0 saturated heterocycles. The lowest BCUT2D eigenvalue weighted by molar-refractivity contribution is 0.0691. The quantitative estimate of drug-likeness (QED) is 0.765. The molecular weight excluding hydrogens is 338 g/mol. The number of aromatic nitrogens is 2. The molecule has 0 unspecified atom stereocenters. The van der Waals surface area contributed by atoms with Crippen molar-refractivity contribution in [1.82, 2.24) is 14.7 Å². The van der Waals surface area contributed by atoms with Gasteiger partial charge in [0, 0.05) is 24.5 Å². The number of thiazole rings is 1. The number of hydrogen-bond acceptors (Lipinski definition) is 6. The molecule has 112 valence electrons. The van der Waals surface area contributed by atoms with Gasteiger partial charge in [-0.3, -0.25) is 0 Å². The number of halogens is 1. The highest BCUT2D eigenvalue weighted by molar-refractivity contribution is 7.89. The van der Waals surface area contributed by atoms with Crippen LogP contribution in [0.4, 0.5) is 0 Å². The molecule has 10 heteroatoms. The molecule has 0 radical (unpaired) electrons. The van der Waals surface area contributed by atoms with Gasteiger partial charge in [0.05, 0.1) is 5.01 Å². The number of hydrogen-bond donors (Lipinski definition) is 2. The maximum absolute atomic E-state index is 12.0. The van der Waals surface area contributed by atoms with Gasteiger partial charge in [0.2, 0.25) is 10.0 Å². The third-order valence-corrected chi connectivity index (χ3v) is 5.23. The van der Waals surface area contributed by atoms with Crippen molar-refractivity contribution in [3.8, 4) is 0 Å². The summed E-state index contributed by atoms with van der Waals surface area (Å²) in [5, 5.41) is 10.6. The molecule has 0 aliphatic rings. The molecule has 2 aromatic rings. The highest BCUT2D eigenvalue weighted by atomic mass is 35.5. The molecule has 0 aliphatic heterocycles. The largest absolute Gasteiger partial charge is 0.476 e. The van der Waals surface area contributed by atoms with E-state index in [1.54, 1.807) is 0 Å². The molecule has 0 bridgehead atoms. The number of nitrogens with one attached hydrogen (secondary N) is 1. The van der Waals surface area contributed by atoms with Crippen LogP contribution in [0.3, 0.4) is 0 Å². The smallest absolute Gasteiger partial charge is 0.355 e. The van der Waals surface area contributed by atoms with Crippen molar-refractivity contribution < 1.29 is 18.3 Å². The van der Waals surface area contributed by atoms with Crippen LogP contribution in [0.5, 0.6) is 0 Å². The van der Waals surface area contributed by atoms with Crippen molar-refractivity contribution in [3.63, 3.8) is 0 Å². The third-order valence-electron chi connectivity index (χ3n) is 2.42. The molecule has 0 amide bonds. The van der Waals surface area contributed by atoms with E-state index in [2.05, 4.69) is 14.7 Å². The summed E-state index contributed by atoms with van der Waals surface area (Å²) in [6.45, 7) is 0.0835. The molecule has 0 saturated carbocycles. The normalized spacial score (nSPS) is 11.5. The highest BCUT2D eigenvalue weighted by Crippen LogP contribution is 2.17. The summed E-state index contributed by atoms with van der Waals surface area (Å²) in [5.74, 6) is -1.11. The average Bonchev–Trinajstić information content (AvgIpc) is 2.88. The van der Waals surface area contributed by atoms with Gasteiger partial charge in [-0.2, -0.15) is 0 Å². The van der Waals surface area contributed by atoms with Gasteiger partial charge in [-0.05, 0) is 12.1 Å². The number of rotatable bonds is 6. The van der Waals surface area contributed by atoms with E-state index in [1.807, 2.05) is 0 Å². The fourth-order valence-electron chi connectivity index (χ4n) is 1.47. The lowest BCUT2D eigenvalue weighted by Crippen LogP contribution is -2.26. The SMILES string of the molecule is O=C(O)c1csc(CCNS(=O)(=O)c2cccnc2Cl)n1. The van der Waals surface area contributed by atoms with Gasteiger partial charge in [-0.1, -0.05) is 11.6 Å². The van der Waals surface area contributed by atoms with Crippen molar-refractivity contribution in [2.75, 3.05) is 6.54 Å². The Morgan fingerprint density at radius 1 is 1.48 bits per heavy atom. The fraction of sp³-hybridized carbons (Fsp3) is 0.182. The zero-order valence-corrected chi connectivity index (χ0v) is 12.9. The second kappa shape index (κ2) is 6.48. The number of pyridine rings is 1. The first-order valence-corrected chi connectivity index (χ1v) is 8.42. The minimum absolute atomic E-state index is 0.0480. The number of nitrogens with zero attached hydrogens (tertiary/aromatic N) is 2. The van der Waals surface area contributed by atoms with Crippen LogP contribution in [0.1, 0.15) is 15.5 Å². The molecule has 0 atom stereocenters. The Hall–Kier alpha value is -1.55. The molecule has 2 rings (SSSR count).